The maximum Gasteiger partial charge on any atom is -0.0178 e. The lowest BCUT2D eigenvalue weighted by Crippen LogP contribution is -2.17. The first kappa shape index (κ1) is 14.4. The van der Waals surface area contributed by atoms with Crippen LogP contribution in [-0.4, -0.2) is 11.3 Å². The zero-order valence-corrected chi connectivity index (χ0v) is 12.0. The molecule has 0 saturated heterocycles. The zero-order valence-electron chi connectivity index (χ0n) is 11.0. The largest absolute Gasteiger partial charge is 0.116 e. The number of unbranched alkanes of at least 4 members (excludes halogenated alkanes) is 1. The molecule has 0 bridgehead atoms. The summed E-state index contributed by atoms with van der Waals surface area (Å²) in [6.45, 7) is 14.2. The second kappa shape index (κ2) is 6.11. The Balaban J connectivity index is 3.72. The summed E-state index contributed by atoms with van der Waals surface area (Å²) in [6, 6.07) is 0. The van der Waals surface area contributed by atoms with Crippen molar-refractivity contribution in [1.29, 1.82) is 0 Å². The molecule has 1 heteroatoms. The summed E-state index contributed by atoms with van der Waals surface area (Å²) >= 11 is 0. The van der Waals surface area contributed by atoms with E-state index in [1.54, 1.807) is 0 Å². The lowest BCUT2D eigenvalue weighted by Gasteiger charge is -2.29. The highest BCUT2D eigenvalue weighted by molar-refractivity contribution is 7.39. The van der Waals surface area contributed by atoms with Gasteiger partial charge in [-0.1, -0.05) is 48.0 Å². The third-order valence-corrected chi connectivity index (χ3v) is 4.44. The van der Waals surface area contributed by atoms with Gasteiger partial charge in [-0.05, 0) is 36.0 Å². The SMILES string of the molecule is CCCCPC(C)(C)CCC(C)(C)C. The van der Waals surface area contributed by atoms with Crippen LogP contribution in [0.25, 0.3) is 0 Å². The Hall–Kier alpha value is 0.430. The van der Waals surface area contributed by atoms with E-state index in [0.29, 0.717) is 10.6 Å². The van der Waals surface area contributed by atoms with Crippen LogP contribution >= 0.6 is 8.58 Å². The molecule has 14 heavy (non-hydrogen) atoms. The normalized spacial score (nSPS) is 14.1. The van der Waals surface area contributed by atoms with E-state index in [4.69, 9.17) is 0 Å². The van der Waals surface area contributed by atoms with Gasteiger partial charge in [-0.3, -0.25) is 0 Å². The number of rotatable bonds is 6. The molecule has 0 aromatic heterocycles. The molecular formula is C13H29P. The molecule has 0 N–H and O–H groups in total. The first-order valence-electron chi connectivity index (χ1n) is 6.02. The average molecular weight is 216 g/mol. The molecule has 0 heterocycles. The smallest absolute Gasteiger partial charge is 0.0178 e. The topological polar surface area (TPSA) is 0 Å². The Morgan fingerprint density at radius 1 is 0.929 bits per heavy atom. The Labute approximate surface area is 93.0 Å². The molecule has 0 fully saturated rings. The third kappa shape index (κ3) is 9.00. The van der Waals surface area contributed by atoms with Gasteiger partial charge in [0.1, 0.15) is 0 Å². The van der Waals surface area contributed by atoms with Gasteiger partial charge in [-0.15, -0.1) is 8.58 Å². The van der Waals surface area contributed by atoms with E-state index in [-0.39, 0.29) is 0 Å². The minimum absolute atomic E-state index is 0.506. The van der Waals surface area contributed by atoms with E-state index in [1.807, 2.05) is 0 Å². The van der Waals surface area contributed by atoms with Crippen LogP contribution in [0.3, 0.4) is 0 Å². The fourth-order valence-corrected chi connectivity index (χ4v) is 2.89. The molecule has 0 aliphatic rings. The van der Waals surface area contributed by atoms with Crippen molar-refractivity contribution >= 4 is 8.58 Å². The monoisotopic (exact) mass is 216 g/mol. The fraction of sp³-hybridized carbons (Fsp3) is 1.00. The second-order valence-corrected chi connectivity index (χ2v) is 8.43. The lowest BCUT2D eigenvalue weighted by molar-refractivity contribution is 0.347. The predicted octanol–water partition coefficient (Wildman–Crippen LogP) is 5.07. The predicted molar refractivity (Wildman–Crippen MR) is 70.9 cm³/mol. The van der Waals surface area contributed by atoms with Crippen LogP contribution in [0.4, 0.5) is 0 Å². The number of hydrogen-bond acceptors (Lipinski definition) is 0. The molecule has 1 atom stereocenters. The van der Waals surface area contributed by atoms with E-state index in [0.717, 1.165) is 8.58 Å². The van der Waals surface area contributed by atoms with Crippen LogP contribution in [-0.2, 0) is 0 Å². The lowest BCUT2D eigenvalue weighted by atomic mass is 9.87. The first-order chi connectivity index (χ1) is 6.27. The van der Waals surface area contributed by atoms with Crippen molar-refractivity contribution in [3.63, 3.8) is 0 Å². The van der Waals surface area contributed by atoms with Crippen molar-refractivity contribution in [2.75, 3.05) is 6.16 Å². The summed E-state index contributed by atoms with van der Waals surface area (Å²) in [7, 11) is 1.15. The maximum atomic E-state index is 2.44. The van der Waals surface area contributed by atoms with Crippen molar-refractivity contribution in [3.8, 4) is 0 Å². The minimum Gasteiger partial charge on any atom is -0.116 e. The summed E-state index contributed by atoms with van der Waals surface area (Å²) in [5.74, 6) is 0. The summed E-state index contributed by atoms with van der Waals surface area (Å²) < 4.78 is 0. The van der Waals surface area contributed by atoms with Crippen LogP contribution in [0, 0.1) is 5.41 Å². The van der Waals surface area contributed by atoms with Gasteiger partial charge in [0.05, 0.1) is 0 Å². The van der Waals surface area contributed by atoms with E-state index < -0.39 is 0 Å². The maximum absolute atomic E-state index is 2.44. The van der Waals surface area contributed by atoms with Crippen molar-refractivity contribution in [2.45, 2.75) is 72.4 Å². The molecule has 0 rings (SSSR count). The van der Waals surface area contributed by atoms with Crippen molar-refractivity contribution in [3.05, 3.63) is 0 Å². The molecule has 86 valence electrons. The van der Waals surface area contributed by atoms with Crippen LogP contribution in [0.15, 0.2) is 0 Å². The average Bonchev–Trinajstić information content (AvgIpc) is 2.00. The molecule has 0 aromatic carbocycles. The van der Waals surface area contributed by atoms with E-state index in [2.05, 4.69) is 41.5 Å². The molecule has 0 aromatic rings. The highest BCUT2D eigenvalue weighted by Gasteiger charge is 2.20. The van der Waals surface area contributed by atoms with E-state index >= 15 is 0 Å². The molecule has 1 unspecified atom stereocenters. The van der Waals surface area contributed by atoms with E-state index in [1.165, 1.54) is 31.8 Å². The summed E-state index contributed by atoms with van der Waals surface area (Å²) in [5.41, 5.74) is 0.506. The third-order valence-electron chi connectivity index (χ3n) is 2.63. The Bertz CT molecular complexity index is 142. The van der Waals surface area contributed by atoms with Gasteiger partial charge in [-0.25, -0.2) is 0 Å². The molecule has 0 aliphatic heterocycles. The van der Waals surface area contributed by atoms with Crippen LogP contribution in [0.1, 0.15) is 67.2 Å². The summed E-state index contributed by atoms with van der Waals surface area (Å²) in [5, 5.41) is 0.586. The molecule has 0 spiro atoms. The minimum atomic E-state index is 0.506. The molecule has 0 saturated carbocycles. The molecular weight excluding hydrogens is 187 g/mol. The second-order valence-electron chi connectivity index (χ2n) is 6.22. The van der Waals surface area contributed by atoms with Crippen molar-refractivity contribution < 1.29 is 0 Å². The zero-order chi connectivity index (χ0) is 11.2. The highest BCUT2D eigenvalue weighted by Crippen LogP contribution is 2.38. The van der Waals surface area contributed by atoms with Gasteiger partial charge in [0, 0.05) is 0 Å². The molecule has 0 radical (unpaired) electrons. The molecule has 0 aliphatic carbocycles. The quantitative estimate of drug-likeness (QED) is 0.429. The van der Waals surface area contributed by atoms with Crippen LogP contribution < -0.4 is 0 Å². The Morgan fingerprint density at radius 3 is 1.93 bits per heavy atom. The fourth-order valence-electron chi connectivity index (χ4n) is 1.38. The van der Waals surface area contributed by atoms with Gasteiger partial charge in [-0.2, -0.15) is 0 Å². The van der Waals surface area contributed by atoms with Gasteiger partial charge >= 0.3 is 0 Å². The number of hydrogen-bond donors (Lipinski definition) is 0. The van der Waals surface area contributed by atoms with Crippen molar-refractivity contribution in [1.82, 2.24) is 0 Å². The first-order valence-corrected chi connectivity index (χ1v) is 7.22. The van der Waals surface area contributed by atoms with Gasteiger partial charge in [0.25, 0.3) is 0 Å². The van der Waals surface area contributed by atoms with Crippen LogP contribution in [0.2, 0.25) is 0 Å². The summed E-state index contributed by atoms with van der Waals surface area (Å²) in [4.78, 5) is 0. The van der Waals surface area contributed by atoms with Gasteiger partial charge in [0.2, 0.25) is 0 Å². The van der Waals surface area contributed by atoms with E-state index in [9.17, 15) is 0 Å². The Kier molecular flexibility index (Phi) is 6.30. The van der Waals surface area contributed by atoms with Gasteiger partial charge < -0.3 is 0 Å². The van der Waals surface area contributed by atoms with Crippen molar-refractivity contribution in [2.24, 2.45) is 5.41 Å². The molecule has 0 nitrogen and oxygen atoms in total. The summed E-state index contributed by atoms with van der Waals surface area (Å²) in [6.07, 6.45) is 6.95. The molecule has 0 amide bonds. The van der Waals surface area contributed by atoms with Crippen LogP contribution in [0.5, 0.6) is 0 Å². The Morgan fingerprint density at radius 2 is 1.50 bits per heavy atom. The van der Waals surface area contributed by atoms with Gasteiger partial charge in [0.15, 0.2) is 0 Å². The highest BCUT2D eigenvalue weighted by atomic mass is 31.1. The standard InChI is InChI=1S/C13H29P/c1-7-8-11-14-13(5,6)10-9-12(2,3)4/h14H,7-11H2,1-6H3.